The fraction of sp³-hybridized carbons (Fsp3) is 0.429. The van der Waals surface area contributed by atoms with Crippen LogP contribution in [-0.4, -0.2) is 17.4 Å². The summed E-state index contributed by atoms with van der Waals surface area (Å²) >= 11 is 1.52. The van der Waals surface area contributed by atoms with Crippen LogP contribution < -0.4 is 11.1 Å². The van der Waals surface area contributed by atoms with E-state index in [1.54, 1.807) is 6.20 Å². The van der Waals surface area contributed by atoms with Crippen molar-refractivity contribution >= 4 is 17.2 Å². The summed E-state index contributed by atoms with van der Waals surface area (Å²) in [5, 5.41) is 5.49. The zero-order chi connectivity index (χ0) is 8.97. The molecule has 0 saturated heterocycles. The first kappa shape index (κ1) is 9.15. The van der Waals surface area contributed by atoms with Crippen molar-refractivity contribution in [3.8, 4) is 0 Å². The molecule has 5 heteroatoms. The number of rotatable bonds is 3. The molecule has 1 aromatic rings. The Hall–Kier alpha value is -0.940. The normalized spacial score (nSPS) is 12.5. The van der Waals surface area contributed by atoms with Gasteiger partial charge in [0.1, 0.15) is 5.01 Å². The minimum absolute atomic E-state index is 0.0235. The van der Waals surface area contributed by atoms with Gasteiger partial charge in [-0.1, -0.05) is 0 Å². The van der Waals surface area contributed by atoms with E-state index >= 15 is 0 Å². The Bertz CT molecular complexity index is 247. The summed E-state index contributed by atoms with van der Waals surface area (Å²) < 4.78 is 0. The summed E-state index contributed by atoms with van der Waals surface area (Å²) in [5.41, 5.74) is 5.14. The lowest BCUT2D eigenvalue weighted by Crippen LogP contribution is -2.32. The fourth-order valence-corrected chi connectivity index (χ4v) is 1.46. The van der Waals surface area contributed by atoms with Gasteiger partial charge in [0.05, 0.1) is 12.6 Å². The lowest BCUT2D eigenvalue weighted by Gasteiger charge is -2.09. The molecule has 0 aliphatic heterocycles. The quantitative estimate of drug-likeness (QED) is 0.710. The van der Waals surface area contributed by atoms with Gasteiger partial charge in [-0.15, -0.1) is 11.3 Å². The summed E-state index contributed by atoms with van der Waals surface area (Å²) in [6.07, 6.45) is 1.71. The molecular weight excluding hydrogens is 174 g/mol. The van der Waals surface area contributed by atoms with Gasteiger partial charge in [0.25, 0.3) is 0 Å². The predicted molar refractivity (Wildman–Crippen MR) is 47.7 cm³/mol. The average Bonchev–Trinajstić information content (AvgIpc) is 2.56. The number of nitrogens with one attached hydrogen (secondary N) is 1. The van der Waals surface area contributed by atoms with E-state index in [-0.39, 0.29) is 18.5 Å². The van der Waals surface area contributed by atoms with Gasteiger partial charge in [0.2, 0.25) is 5.91 Å². The third-order valence-corrected chi connectivity index (χ3v) is 2.34. The van der Waals surface area contributed by atoms with Crippen molar-refractivity contribution in [1.29, 1.82) is 0 Å². The number of nitrogens with zero attached hydrogens (tertiary/aromatic N) is 1. The van der Waals surface area contributed by atoms with Crippen molar-refractivity contribution in [2.24, 2.45) is 5.73 Å². The molecule has 0 bridgehead atoms. The smallest absolute Gasteiger partial charge is 0.234 e. The number of hydrogen-bond acceptors (Lipinski definition) is 4. The molecular formula is C7H11N3OS. The first-order chi connectivity index (χ1) is 5.74. The topological polar surface area (TPSA) is 68.0 Å². The highest BCUT2D eigenvalue weighted by atomic mass is 32.1. The highest BCUT2D eigenvalue weighted by Gasteiger charge is 2.09. The molecule has 0 aliphatic carbocycles. The van der Waals surface area contributed by atoms with Crippen molar-refractivity contribution in [3.05, 3.63) is 16.6 Å². The number of carbonyl (C=O) groups excluding carboxylic acids is 1. The van der Waals surface area contributed by atoms with Crippen molar-refractivity contribution in [2.75, 3.05) is 6.54 Å². The highest BCUT2D eigenvalue weighted by molar-refractivity contribution is 7.09. The number of aromatic nitrogens is 1. The molecule has 0 aliphatic rings. The maximum atomic E-state index is 10.9. The van der Waals surface area contributed by atoms with Crippen LogP contribution in [0.25, 0.3) is 0 Å². The Morgan fingerprint density at radius 1 is 1.92 bits per heavy atom. The minimum atomic E-state index is -0.155. The van der Waals surface area contributed by atoms with E-state index in [1.807, 2.05) is 12.3 Å². The van der Waals surface area contributed by atoms with Gasteiger partial charge in [-0.2, -0.15) is 0 Å². The van der Waals surface area contributed by atoms with Crippen LogP contribution in [0.1, 0.15) is 18.0 Å². The fourth-order valence-electron chi connectivity index (χ4n) is 0.810. The van der Waals surface area contributed by atoms with Crippen molar-refractivity contribution in [3.63, 3.8) is 0 Å². The number of carbonyl (C=O) groups is 1. The van der Waals surface area contributed by atoms with Crippen LogP contribution in [0.4, 0.5) is 0 Å². The van der Waals surface area contributed by atoms with E-state index in [4.69, 9.17) is 5.73 Å². The van der Waals surface area contributed by atoms with Crippen LogP contribution in [0.3, 0.4) is 0 Å². The molecule has 1 heterocycles. The van der Waals surface area contributed by atoms with Crippen LogP contribution in [-0.2, 0) is 4.79 Å². The third kappa shape index (κ3) is 2.28. The minimum Gasteiger partial charge on any atom is -0.346 e. The number of amides is 1. The van der Waals surface area contributed by atoms with Gasteiger partial charge in [0, 0.05) is 11.6 Å². The summed E-state index contributed by atoms with van der Waals surface area (Å²) in [6.45, 7) is 1.90. The summed E-state index contributed by atoms with van der Waals surface area (Å²) in [4.78, 5) is 14.9. The van der Waals surface area contributed by atoms with Gasteiger partial charge in [0.15, 0.2) is 0 Å². The Kier molecular flexibility index (Phi) is 3.19. The molecule has 0 radical (unpaired) electrons. The average molecular weight is 185 g/mol. The number of nitrogens with two attached hydrogens (primary N) is 1. The van der Waals surface area contributed by atoms with Crippen LogP contribution >= 0.6 is 11.3 Å². The predicted octanol–water partition coefficient (Wildman–Crippen LogP) is 0.279. The van der Waals surface area contributed by atoms with Crippen LogP contribution in [0.2, 0.25) is 0 Å². The van der Waals surface area contributed by atoms with E-state index in [1.165, 1.54) is 11.3 Å². The van der Waals surface area contributed by atoms with Crippen LogP contribution in [0.5, 0.6) is 0 Å². The van der Waals surface area contributed by atoms with Crippen molar-refractivity contribution in [1.82, 2.24) is 10.3 Å². The van der Waals surface area contributed by atoms with Gasteiger partial charge in [-0.3, -0.25) is 4.79 Å². The Morgan fingerprint density at radius 3 is 3.17 bits per heavy atom. The zero-order valence-corrected chi connectivity index (χ0v) is 7.60. The van der Waals surface area contributed by atoms with Crippen LogP contribution in [0, 0.1) is 0 Å². The molecule has 1 aromatic heterocycles. The maximum Gasteiger partial charge on any atom is 0.234 e. The Morgan fingerprint density at radius 2 is 2.67 bits per heavy atom. The molecule has 0 unspecified atom stereocenters. The molecule has 66 valence electrons. The molecule has 0 spiro atoms. The largest absolute Gasteiger partial charge is 0.346 e. The van der Waals surface area contributed by atoms with Crippen molar-refractivity contribution in [2.45, 2.75) is 13.0 Å². The number of hydrogen-bond donors (Lipinski definition) is 2. The van der Waals surface area contributed by atoms with Gasteiger partial charge >= 0.3 is 0 Å². The van der Waals surface area contributed by atoms with Gasteiger partial charge < -0.3 is 11.1 Å². The van der Waals surface area contributed by atoms with Crippen molar-refractivity contribution < 1.29 is 4.79 Å². The molecule has 1 rings (SSSR count). The van der Waals surface area contributed by atoms with Crippen LogP contribution in [0.15, 0.2) is 11.6 Å². The van der Waals surface area contributed by atoms with E-state index in [0.717, 1.165) is 5.01 Å². The lowest BCUT2D eigenvalue weighted by molar-refractivity contribution is -0.120. The maximum absolute atomic E-state index is 10.9. The Labute approximate surface area is 74.8 Å². The monoisotopic (exact) mass is 185 g/mol. The molecule has 12 heavy (non-hydrogen) atoms. The molecule has 0 aromatic carbocycles. The van der Waals surface area contributed by atoms with E-state index < -0.39 is 0 Å². The summed E-state index contributed by atoms with van der Waals surface area (Å²) in [5.74, 6) is -0.155. The second-order valence-corrected chi connectivity index (χ2v) is 3.29. The first-order valence-electron chi connectivity index (χ1n) is 3.63. The Balaban J connectivity index is 2.49. The van der Waals surface area contributed by atoms with Gasteiger partial charge in [-0.25, -0.2) is 4.98 Å². The third-order valence-electron chi connectivity index (χ3n) is 1.38. The molecule has 1 atom stereocenters. The number of thiazole rings is 1. The SMILES string of the molecule is C[C@H](NC(=O)CN)c1nccs1. The molecule has 3 N–H and O–H groups in total. The van der Waals surface area contributed by atoms with E-state index in [2.05, 4.69) is 10.3 Å². The highest BCUT2D eigenvalue weighted by Crippen LogP contribution is 2.13. The standard InChI is InChI=1S/C7H11N3OS/c1-5(10-6(11)4-8)7-9-2-3-12-7/h2-3,5H,4,8H2,1H3,(H,10,11)/t5-/m0/s1. The molecule has 1 amide bonds. The molecule has 0 saturated carbocycles. The summed E-state index contributed by atoms with van der Waals surface area (Å²) in [6, 6.07) is -0.0407. The lowest BCUT2D eigenvalue weighted by atomic mass is 10.3. The second-order valence-electron chi connectivity index (χ2n) is 2.36. The second kappa shape index (κ2) is 4.18. The zero-order valence-electron chi connectivity index (χ0n) is 6.78. The molecule has 4 nitrogen and oxygen atoms in total. The van der Waals surface area contributed by atoms with Gasteiger partial charge in [-0.05, 0) is 6.92 Å². The first-order valence-corrected chi connectivity index (χ1v) is 4.51. The summed E-state index contributed by atoms with van der Waals surface area (Å²) in [7, 11) is 0. The molecule has 0 fully saturated rings. The van der Waals surface area contributed by atoms with E-state index in [9.17, 15) is 4.79 Å². The van der Waals surface area contributed by atoms with E-state index in [0.29, 0.717) is 0 Å².